The molecule has 0 heterocycles. The van der Waals surface area contributed by atoms with E-state index in [0.29, 0.717) is 16.1 Å². The summed E-state index contributed by atoms with van der Waals surface area (Å²) in [6.07, 6.45) is 0.845. The quantitative estimate of drug-likeness (QED) is 0.852. The maximum atomic E-state index is 11.5. The molecule has 0 saturated carbocycles. The van der Waals surface area contributed by atoms with E-state index in [2.05, 4.69) is 0 Å². The molecule has 0 fully saturated rings. The highest BCUT2D eigenvalue weighted by atomic mass is 35.5. The molecule has 23 heavy (non-hydrogen) atoms. The van der Waals surface area contributed by atoms with Gasteiger partial charge in [-0.15, -0.1) is 0 Å². The minimum Gasteiger partial charge on any atom is -0.489 e. The van der Waals surface area contributed by atoms with Crippen LogP contribution >= 0.6 is 11.6 Å². The molecular formula is C18H20ClNO3. The summed E-state index contributed by atoms with van der Waals surface area (Å²) in [5.41, 5.74) is 5.61. The summed E-state index contributed by atoms with van der Waals surface area (Å²) in [4.78, 5) is 11.5. The Morgan fingerprint density at radius 3 is 2.61 bits per heavy atom. The predicted octanol–water partition coefficient (Wildman–Crippen LogP) is 3.17. The number of hydrogen-bond donors (Lipinski definition) is 2. The lowest BCUT2D eigenvalue weighted by molar-refractivity contribution is -0.135. The molecule has 2 aromatic rings. The summed E-state index contributed by atoms with van der Waals surface area (Å²) < 4.78 is 5.86. The van der Waals surface area contributed by atoms with Gasteiger partial charge in [0, 0.05) is 5.02 Å². The van der Waals surface area contributed by atoms with Crippen molar-refractivity contribution < 1.29 is 14.6 Å². The molecule has 1 atom stereocenters. The van der Waals surface area contributed by atoms with Gasteiger partial charge in [0.15, 0.2) is 5.60 Å². The molecule has 122 valence electrons. The Morgan fingerprint density at radius 2 is 1.96 bits per heavy atom. The second-order valence-corrected chi connectivity index (χ2v) is 5.92. The zero-order valence-electron chi connectivity index (χ0n) is 13.2. The average Bonchev–Trinajstić information content (AvgIpc) is 2.52. The van der Waals surface area contributed by atoms with E-state index in [9.17, 15) is 9.90 Å². The number of benzene rings is 2. The van der Waals surface area contributed by atoms with Crippen LogP contribution in [0.5, 0.6) is 5.75 Å². The van der Waals surface area contributed by atoms with Crippen LogP contribution in [0.1, 0.15) is 30.5 Å². The first kappa shape index (κ1) is 17.3. The first-order valence-corrected chi connectivity index (χ1v) is 7.76. The van der Waals surface area contributed by atoms with Crippen LogP contribution in [-0.2, 0) is 23.4 Å². The molecule has 2 rings (SSSR count). The first-order valence-electron chi connectivity index (χ1n) is 7.38. The van der Waals surface area contributed by atoms with E-state index in [1.165, 1.54) is 6.92 Å². The van der Waals surface area contributed by atoms with Gasteiger partial charge in [-0.3, -0.25) is 4.79 Å². The third-order valence-corrected chi connectivity index (χ3v) is 4.04. The van der Waals surface area contributed by atoms with Crippen LogP contribution in [0, 0.1) is 0 Å². The van der Waals surface area contributed by atoms with E-state index in [4.69, 9.17) is 22.1 Å². The van der Waals surface area contributed by atoms with Crippen LogP contribution in [0.25, 0.3) is 0 Å². The Balaban J connectivity index is 2.32. The Labute approximate surface area is 140 Å². The van der Waals surface area contributed by atoms with Gasteiger partial charge < -0.3 is 15.6 Å². The number of primary amides is 1. The van der Waals surface area contributed by atoms with Crippen LogP contribution in [0.4, 0.5) is 0 Å². The van der Waals surface area contributed by atoms with Crippen molar-refractivity contribution in [3.63, 3.8) is 0 Å². The summed E-state index contributed by atoms with van der Waals surface area (Å²) in [5.74, 6) is -0.0605. The molecule has 0 saturated heterocycles. The number of amides is 1. The molecule has 0 aliphatic carbocycles. The van der Waals surface area contributed by atoms with Crippen LogP contribution < -0.4 is 10.5 Å². The van der Waals surface area contributed by atoms with Gasteiger partial charge in [-0.25, -0.2) is 0 Å². The zero-order valence-corrected chi connectivity index (χ0v) is 13.9. The van der Waals surface area contributed by atoms with E-state index in [1.807, 2.05) is 31.2 Å². The van der Waals surface area contributed by atoms with Gasteiger partial charge in [0.2, 0.25) is 0 Å². The number of hydrogen-bond acceptors (Lipinski definition) is 3. The first-order chi connectivity index (χ1) is 10.9. The van der Waals surface area contributed by atoms with E-state index >= 15 is 0 Å². The Kier molecular flexibility index (Phi) is 5.29. The van der Waals surface area contributed by atoms with Crippen molar-refractivity contribution in [3.05, 3.63) is 64.2 Å². The van der Waals surface area contributed by atoms with Crippen LogP contribution in [0.2, 0.25) is 5.02 Å². The summed E-state index contributed by atoms with van der Waals surface area (Å²) >= 11 is 6.03. The minimum atomic E-state index is -1.78. The fourth-order valence-electron chi connectivity index (χ4n) is 2.38. The average molecular weight is 334 g/mol. The highest BCUT2D eigenvalue weighted by Gasteiger charge is 2.32. The fourth-order valence-corrected chi connectivity index (χ4v) is 2.58. The maximum Gasteiger partial charge on any atom is 0.253 e. The van der Waals surface area contributed by atoms with Crippen LogP contribution in [0.15, 0.2) is 42.5 Å². The van der Waals surface area contributed by atoms with Crippen molar-refractivity contribution in [2.75, 3.05) is 0 Å². The second kappa shape index (κ2) is 7.02. The van der Waals surface area contributed by atoms with E-state index in [-0.39, 0.29) is 6.61 Å². The van der Waals surface area contributed by atoms with Crippen molar-refractivity contribution in [1.82, 2.24) is 0 Å². The fraction of sp³-hybridized carbons (Fsp3) is 0.278. The molecule has 0 bridgehead atoms. The molecule has 0 aliphatic heterocycles. The van der Waals surface area contributed by atoms with Gasteiger partial charge in [0.1, 0.15) is 12.4 Å². The number of nitrogens with two attached hydrogens (primary N) is 1. The number of carbonyl (C=O) groups excluding carboxylic acids is 1. The lowest BCUT2D eigenvalue weighted by Gasteiger charge is -2.23. The predicted molar refractivity (Wildman–Crippen MR) is 90.4 cm³/mol. The van der Waals surface area contributed by atoms with Crippen molar-refractivity contribution in [2.24, 2.45) is 5.73 Å². The summed E-state index contributed by atoms with van der Waals surface area (Å²) in [5, 5.41) is 10.9. The monoisotopic (exact) mass is 333 g/mol. The zero-order chi connectivity index (χ0) is 17.0. The van der Waals surface area contributed by atoms with Gasteiger partial charge in [-0.05, 0) is 48.2 Å². The van der Waals surface area contributed by atoms with Gasteiger partial charge in [0.25, 0.3) is 5.91 Å². The molecule has 0 spiro atoms. The van der Waals surface area contributed by atoms with Gasteiger partial charge in [-0.2, -0.15) is 0 Å². The summed E-state index contributed by atoms with van der Waals surface area (Å²) in [7, 11) is 0. The van der Waals surface area contributed by atoms with Crippen molar-refractivity contribution >= 4 is 17.5 Å². The molecule has 1 amide bonds. The molecule has 0 aliphatic rings. The highest BCUT2D eigenvalue weighted by molar-refractivity contribution is 6.30. The standard InChI is InChI=1S/C18H20ClNO3/c1-3-12-6-4-5-7-16(12)23-11-13-10-14(19)8-9-15(13)18(2,22)17(20)21/h4-10,22H,3,11H2,1-2H3,(H2,20,21). The number of ether oxygens (including phenoxy) is 1. The minimum absolute atomic E-state index is 0.177. The third kappa shape index (κ3) is 3.84. The van der Waals surface area contributed by atoms with E-state index in [0.717, 1.165) is 17.7 Å². The highest BCUT2D eigenvalue weighted by Crippen LogP contribution is 2.28. The summed E-state index contributed by atoms with van der Waals surface area (Å²) in [6, 6.07) is 12.6. The SMILES string of the molecule is CCc1ccccc1OCc1cc(Cl)ccc1C(C)(O)C(N)=O. The van der Waals surface area contributed by atoms with Crippen LogP contribution in [0.3, 0.4) is 0 Å². The lowest BCUT2D eigenvalue weighted by Crippen LogP contribution is -2.39. The number of carbonyl (C=O) groups is 1. The Morgan fingerprint density at radius 1 is 1.26 bits per heavy atom. The molecule has 1 unspecified atom stereocenters. The molecule has 2 aromatic carbocycles. The number of aryl methyl sites for hydroxylation is 1. The smallest absolute Gasteiger partial charge is 0.253 e. The maximum absolute atomic E-state index is 11.5. The molecule has 4 nitrogen and oxygen atoms in total. The normalized spacial score (nSPS) is 13.4. The Bertz CT molecular complexity index is 713. The van der Waals surface area contributed by atoms with Crippen molar-refractivity contribution in [2.45, 2.75) is 32.5 Å². The number of para-hydroxylation sites is 1. The van der Waals surface area contributed by atoms with Gasteiger partial charge >= 0.3 is 0 Å². The molecule has 3 N–H and O–H groups in total. The lowest BCUT2D eigenvalue weighted by atomic mass is 9.91. The summed E-state index contributed by atoms with van der Waals surface area (Å²) in [6.45, 7) is 3.59. The topological polar surface area (TPSA) is 72.6 Å². The van der Waals surface area contributed by atoms with E-state index < -0.39 is 11.5 Å². The number of halogens is 1. The Hall–Kier alpha value is -2.04. The third-order valence-electron chi connectivity index (χ3n) is 3.81. The molecule has 5 heteroatoms. The number of rotatable bonds is 6. The van der Waals surface area contributed by atoms with Crippen molar-refractivity contribution in [1.29, 1.82) is 0 Å². The largest absolute Gasteiger partial charge is 0.489 e. The molecule has 0 aromatic heterocycles. The second-order valence-electron chi connectivity index (χ2n) is 5.49. The molecular weight excluding hydrogens is 314 g/mol. The van der Waals surface area contributed by atoms with Gasteiger partial charge in [0.05, 0.1) is 0 Å². The number of aliphatic hydroxyl groups is 1. The van der Waals surface area contributed by atoms with Crippen LogP contribution in [-0.4, -0.2) is 11.0 Å². The van der Waals surface area contributed by atoms with E-state index in [1.54, 1.807) is 18.2 Å². The van der Waals surface area contributed by atoms with Gasteiger partial charge in [-0.1, -0.05) is 42.8 Å². The van der Waals surface area contributed by atoms with Crippen molar-refractivity contribution in [3.8, 4) is 5.75 Å². The molecule has 0 radical (unpaired) electrons.